The topological polar surface area (TPSA) is 66.8 Å². The number of nitrogens with zero attached hydrogens (tertiary/aromatic N) is 1. The number of aliphatic carboxylic acids is 1. The van der Waals surface area contributed by atoms with Gasteiger partial charge >= 0.3 is 5.97 Å². The largest absolute Gasteiger partial charge is 0.480 e. The molecule has 0 saturated carbocycles. The summed E-state index contributed by atoms with van der Waals surface area (Å²) in [6.07, 6.45) is 1.15. The minimum Gasteiger partial charge on any atom is -0.480 e. The number of amides is 1. The zero-order valence-corrected chi connectivity index (χ0v) is 12.8. The van der Waals surface area contributed by atoms with Crippen LogP contribution in [0.1, 0.15) is 23.2 Å². The number of benzene rings is 1. The summed E-state index contributed by atoms with van der Waals surface area (Å²) in [5.74, 6) is -2.12. The van der Waals surface area contributed by atoms with E-state index in [1.54, 1.807) is 0 Å². The first-order valence-corrected chi connectivity index (χ1v) is 7.34. The van der Waals surface area contributed by atoms with E-state index in [1.165, 1.54) is 17.0 Å². The summed E-state index contributed by atoms with van der Waals surface area (Å²) in [6, 6.07) is 3.57. The molecule has 1 aromatic carbocycles. The van der Waals surface area contributed by atoms with Crippen LogP contribution in [0.3, 0.4) is 0 Å². The molecule has 0 spiro atoms. The lowest BCUT2D eigenvalue weighted by Gasteiger charge is -2.33. The quantitative estimate of drug-likeness (QED) is 0.895. The number of carbonyl (C=O) groups is 2. The van der Waals surface area contributed by atoms with Crippen LogP contribution in [0.5, 0.6) is 0 Å². The lowest BCUT2D eigenvalue weighted by atomic mass is 10.1. The van der Waals surface area contributed by atoms with Crippen molar-refractivity contribution in [2.75, 3.05) is 19.8 Å². The molecule has 1 N–H and O–H groups in total. The summed E-state index contributed by atoms with van der Waals surface area (Å²) >= 11 is 3.20. The van der Waals surface area contributed by atoms with Crippen LogP contribution >= 0.6 is 15.9 Å². The van der Waals surface area contributed by atoms with E-state index < -0.39 is 24.2 Å². The average molecular weight is 360 g/mol. The molecule has 21 heavy (non-hydrogen) atoms. The van der Waals surface area contributed by atoms with Gasteiger partial charge in [-0.1, -0.05) is 0 Å². The van der Waals surface area contributed by atoms with Gasteiger partial charge < -0.3 is 14.7 Å². The maximum atomic E-state index is 13.3. The molecule has 1 aliphatic heterocycles. The molecule has 114 valence electrons. The highest BCUT2D eigenvalue weighted by atomic mass is 79.9. The number of hydrogen-bond donors (Lipinski definition) is 1. The Kier molecular flexibility index (Phi) is 5.30. The summed E-state index contributed by atoms with van der Waals surface area (Å²) in [5, 5.41) is 9.02. The van der Waals surface area contributed by atoms with Crippen molar-refractivity contribution in [2.45, 2.75) is 18.9 Å². The molecule has 0 bridgehead atoms. The van der Waals surface area contributed by atoms with Gasteiger partial charge in [0.25, 0.3) is 5.91 Å². The molecule has 0 aromatic heterocycles. The predicted molar refractivity (Wildman–Crippen MR) is 76.6 cm³/mol. The van der Waals surface area contributed by atoms with E-state index in [1.807, 2.05) is 0 Å². The van der Waals surface area contributed by atoms with Crippen LogP contribution < -0.4 is 0 Å². The lowest BCUT2D eigenvalue weighted by Crippen LogP contribution is -2.46. The Morgan fingerprint density at radius 3 is 2.67 bits per heavy atom. The second-order valence-electron chi connectivity index (χ2n) is 4.79. The molecule has 2 rings (SSSR count). The second kappa shape index (κ2) is 7.00. The number of halogens is 2. The Balaban J connectivity index is 2.28. The van der Waals surface area contributed by atoms with Crippen LogP contribution in [0, 0.1) is 5.82 Å². The molecule has 7 heteroatoms. The summed E-state index contributed by atoms with van der Waals surface area (Å²) in [6.45, 7) is 0.559. The fraction of sp³-hybridized carbons (Fsp3) is 0.429. The van der Waals surface area contributed by atoms with Crippen molar-refractivity contribution in [3.05, 3.63) is 34.1 Å². The van der Waals surface area contributed by atoms with Crippen LogP contribution in [0.15, 0.2) is 22.7 Å². The lowest BCUT2D eigenvalue weighted by molar-refractivity contribution is -0.138. The highest BCUT2D eigenvalue weighted by Gasteiger charge is 2.29. The Morgan fingerprint density at radius 1 is 1.38 bits per heavy atom. The van der Waals surface area contributed by atoms with Crippen molar-refractivity contribution in [2.24, 2.45) is 0 Å². The maximum Gasteiger partial charge on any atom is 0.323 e. The summed E-state index contributed by atoms with van der Waals surface area (Å²) in [7, 11) is 0. The molecule has 1 heterocycles. The van der Waals surface area contributed by atoms with Gasteiger partial charge in [-0.2, -0.15) is 0 Å². The van der Waals surface area contributed by atoms with Gasteiger partial charge in [0.15, 0.2) is 0 Å². The van der Waals surface area contributed by atoms with E-state index in [9.17, 15) is 14.0 Å². The van der Waals surface area contributed by atoms with Crippen molar-refractivity contribution in [3.63, 3.8) is 0 Å². The molecule has 1 saturated heterocycles. The first kappa shape index (κ1) is 15.9. The van der Waals surface area contributed by atoms with Crippen LogP contribution in [-0.4, -0.2) is 47.7 Å². The minimum absolute atomic E-state index is 0.128. The van der Waals surface area contributed by atoms with Crippen molar-refractivity contribution in [1.29, 1.82) is 0 Å². The number of rotatable bonds is 4. The van der Waals surface area contributed by atoms with E-state index in [2.05, 4.69) is 15.9 Å². The number of hydrogen-bond acceptors (Lipinski definition) is 3. The smallest absolute Gasteiger partial charge is 0.323 e. The van der Waals surface area contributed by atoms with Gasteiger partial charge in [0, 0.05) is 23.7 Å². The third kappa shape index (κ3) is 4.01. The van der Waals surface area contributed by atoms with E-state index >= 15 is 0 Å². The standard InChI is InChI=1S/C14H15BrFNO4/c15-12-2-1-9(16)7-11(12)14(20)17(8-13(18)19)10-3-5-21-6-4-10/h1-2,7,10H,3-6,8H2,(H,18,19). The van der Waals surface area contributed by atoms with Gasteiger partial charge in [-0.05, 0) is 47.0 Å². The van der Waals surface area contributed by atoms with Crippen LogP contribution in [0.25, 0.3) is 0 Å². The fourth-order valence-electron chi connectivity index (χ4n) is 2.33. The second-order valence-corrected chi connectivity index (χ2v) is 5.65. The molecule has 1 aromatic rings. The summed E-state index contributed by atoms with van der Waals surface area (Å²) in [4.78, 5) is 24.9. The fourth-order valence-corrected chi connectivity index (χ4v) is 2.74. The normalized spacial score (nSPS) is 15.7. The zero-order chi connectivity index (χ0) is 15.4. The number of carboxylic acids is 1. The number of carbonyl (C=O) groups excluding carboxylic acids is 1. The van der Waals surface area contributed by atoms with Crippen molar-refractivity contribution in [1.82, 2.24) is 4.90 Å². The monoisotopic (exact) mass is 359 g/mol. The third-order valence-corrected chi connectivity index (χ3v) is 4.05. The molecule has 5 nitrogen and oxygen atoms in total. The summed E-state index contributed by atoms with van der Waals surface area (Å²) in [5.41, 5.74) is 0.128. The van der Waals surface area contributed by atoms with Crippen LogP contribution in [-0.2, 0) is 9.53 Å². The van der Waals surface area contributed by atoms with Gasteiger partial charge in [-0.25, -0.2) is 4.39 Å². The molecule has 1 fully saturated rings. The van der Waals surface area contributed by atoms with Crippen LogP contribution in [0.4, 0.5) is 4.39 Å². The van der Waals surface area contributed by atoms with Gasteiger partial charge in [-0.3, -0.25) is 9.59 Å². The Morgan fingerprint density at radius 2 is 2.05 bits per heavy atom. The van der Waals surface area contributed by atoms with E-state index in [0.717, 1.165) is 6.07 Å². The maximum absolute atomic E-state index is 13.3. The van der Waals surface area contributed by atoms with E-state index in [0.29, 0.717) is 30.5 Å². The van der Waals surface area contributed by atoms with Gasteiger partial charge in [0.2, 0.25) is 0 Å². The first-order valence-electron chi connectivity index (χ1n) is 6.54. The molecule has 0 aliphatic carbocycles. The molecule has 0 unspecified atom stereocenters. The average Bonchev–Trinajstić information content (AvgIpc) is 2.47. The van der Waals surface area contributed by atoms with E-state index in [4.69, 9.17) is 9.84 Å². The van der Waals surface area contributed by atoms with Crippen LogP contribution in [0.2, 0.25) is 0 Å². The molecule has 1 amide bonds. The van der Waals surface area contributed by atoms with Gasteiger partial charge in [-0.15, -0.1) is 0 Å². The highest BCUT2D eigenvalue weighted by Crippen LogP contribution is 2.23. The van der Waals surface area contributed by atoms with E-state index in [-0.39, 0.29) is 11.6 Å². The van der Waals surface area contributed by atoms with Crippen molar-refractivity contribution in [3.8, 4) is 0 Å². The molecule has 0 radical (unpaired) electrons. The molecule has 0 atom stereocenters. The Hall–Kier alpha value is -1.47. The van der Waals surface area contributed by atoms with Gasteiger partial charge in [0.1, 0.15) is 12.4 Å². The van der Waals surface area contributed by atoms with Crippen molar-refractivity contribution < 1.29 is 23.8 Å². The van der Waals surface area contributed by atoms with Crippen molar-refractivity contribution >= 4 is 27.8 Å². The number of carboxylic acid groups (broad SMARTS) is 1. The third-order valence-electron chi connectivity index (χ3n) is 3.36. The molecular formula is C14H15BrFNO4. The van der Waals surface area contributed by atoms with Gasteiger partial charge in [0.05, 0.1) is 5.56 Å². The predicted octanol–water partition coefficient (Wildman–Crippen LogP) is 2.29. The first-order chi connectivity index (χ1) is 9.99. The molecule has 1 aliphatic rings. The SMILES string of the molecule is O=C(O)CN(C(=O)c1cc(F)ccc1Br)C1CCOCC1. The Bertz CT molecular complexity index is 546. The highest BCUT2D eigenvalue weighted by molar-refractivity contribution is 9.10. The number of ether oxygens (including phenoxy) is 1. The minimum atomic E-state index is -1.10. The summed E-state index contributed by atoms with van der Waals surface area (Å²) < 4.78 is 19.0. The zero-order valence-electron chi connectivity index (χ0n) is 11.2. The molecular weight excluding hydrogens is 345 g/mol. The Labute approximate surface area is 129 Å².